The third-order valence-electron chi connectivity index (χ3n) is 4.50. The van der Waals surface area contributed by atoms with Crippen molar-refractivity contribution in [1.82, 2.24) is 8.61 Å². The van der Waals surface area contributed by atoms with Gasteiger partial charge in [-0.05, 0) is 30.4 Å². The minimum absolute atomic E-state index is 0.0936. The van der Waals surface area contributed by atoms with Crippen molar-refractivity contribution >= 4 is 10.2 Å². The maximum absolute atomic E-state index is 12.9. The first kappa shape index (κ1) is 15.0. The molecule has 1 N–H and O–H groups in total. The van der Waals surface area contributed by atoms with Crippen molar-refractivity contribution in [3.05, 3.63) is 35.4 Å². The fourth-order valence-electron chi connectivity index (χ4n) is 3.28. The summed E-state index contributed by atoms with van der Waals surface area (Å²) in [5.41, 5.74) is 2.33. The quantitative estimate of drug-likeness (QED) is 0.910. The lowest BCUT2D eigenvalue weighted by Crippen LogP contribution is -2.52. The molecule has 0 amide bonds. The standard InChI is InChI=1S/C15H22N2O3S/c18-12-15-7-3-4-9-17(15)21(19,20)16-10-8-13-5-1-2-6-14(13)11-16/h1-2,5-6,15,18H,3-4,7-12H2. The highest BCUT2D eigenvalue weighted by molar-refractivity contribution is 7.86. The lowest BCUT2D eigenvalue weighted by atomic mass is 10.0. The number of nitrogens with zero attached hydrogens (tertiary/aromatic N) is 2. The highest BCUT2D eigenvalue weighted by atomic mass is 32.2. The Morgan fingerprint density at radius 2 is 1.90 bits per heavy atom. The number of aliphatic hydroxyl groups is 1. The Bertz CT molecular complexity index is 603. The summed E-state index contributed by atoms with van der Waals surface area (Å²) in [7, 11) is -3.48. The van der Waals surface area contributed by atoms with Crippen LogP contribution in [0, 0.1) is 0 Å². The van der Waals surface area contributed by atoms with Gasteiger partial charge in [-0.15, -0.1) is 0 Å². The van der Waals surface area contributed by atoms with E-state index in [1.54, 1.807) is 4.31 Å². The van der Waals surface area contributed by atoms with Gasteiger partial charge in [0.05, 0.1) is 6.61 Å². The molecule has 1 atom stereocenters. The van der Waals surface area contributed by atoms with Crippen molar-refractivity contribution in [3.8, 4) is 0 Å². The Labute approximate surface area is 126 Å². The van der Waals surface area contributed by atoms with Crippen LogP contribution in [0.2, 0.25) is 0 Å². The minimum Gasteiger partial charge on any atom is -0.395 e. The molecule has 21 heavy (non-hydrogen) atoms. The normalized spacial score (nSPS) is 24.7. The zero-order valence-corrected chi connectivity index (χ0v) is 12.9. The van der Waals surface area contributed by atoms with Gasteiger partial charge in [-0.25, -0.2) is 0 Å². The number of hydrogen-bond acceptors (Lipinski definition) is 3. The molecule has 6 heteroatoms. The highest BCUT2D eigenvalue weighted by Crippen LogP contribution is 2.26. The summed E-state index contributed by atoms with van der Waals surface area (Å²) < 4.78 is 28.8. The van der Waals surface area contributed by atoms with Crippen LogP contribution in [-0.4, -0.2) is 47.9 Å². The number of aliphatic hydroxyl groups excluding tert-OH is 1. The molecule has 3 rings (SSSR count). The summed E-state index contributed by atoms with van der Waals surface area (Å²) in [5, 5.41) is 9.46. The van der Waals surface area contributed by atoms with Crippen LogP contribution in [0.3, 0.4) is 0 Å². The molecule has 116 valence electrons. The highest BCUT2D eigenvalue weighted by Gasteiger charge is 2.37. The number of benzene rings is 1. The van der Waals surface area contributed by atoms with E-state index in [1.807, 2.05) is 18.2 Å². The molecule has 0 bridgehead atoms. The van der Waals surface area contributed by atoms with E-state index in [-0.39, 0.29) is 12.6 Å². The first-order chi connectivity index (χ1) is 10.1. The molecule has 1 aromatic rings. The molecule has 1 fully saturated rings. The van der Waals surface area contributed by atoms with Crippen molar-refractivity contribution < 1.29 is 13.5 Å². The van der Waals surface area contributed by atoms with Crippen LogP contribution in [0.5, 0.6) is 0 Å². The van der Waals surface area contributed by atoms with Crippen molar-refractivity contribution in [3.63, 3.8) is 0 Å². The Morgan fingerprint density at radius 3 is 2.67 bits per heavy atom. The summed E-state index contributed by atoms with van der Waals surface area (Å²) >= 11 is 0. The van der Waals surface area contributed by atoms with E-state index in [4.69, 9.17) is 0 Å². The third kappa shape index (κ3) is 2.85. The molecule has 1 saturated heterocycles. The average Bonchev–Trinajstić information content (AvgIpc) is 2.54. The van der Waals surface area contributed by atoms with Gasteiger partial charge in [-0.3, -0.25) is 0 Å². The van der Waals surface area contributed by atoms with Gasteiger partial charge in [0.15, 0.2) is 0 Å². The van der Waals surface area contributed by atoms with E-state index >= 15 is 0 Å². The smallest absolute Gasteiger partial charge is 0.282 e. The fraction of sp³-hybridized carbons (Fsp3) is 0.600. The molecular weight excluding hydrogens is 288 g/mol. The summed E-state index contributed by atoms with van der Waals surface area (Å²) in [6, 6.07) is 7.75. The van der Waals surface area contributed by atoms with E-state index in [1.165, 1.54) is 9.87 Å². The first-order valence-corrected chi connectivity index (χ1v) is 8.97. The molecule has 0 spiro atoms. The van der Waals surface area contributed by atoms with Crippen LogP contribution in [0.15, 0.2) is 24.3 Å². The van der Waals surface area contributed by atoms with Gasteiger partial charge in [0.25, 0.3) is 10.2 Å². The third-order valence-corrected chi connectivity index (χ3v) is 6.54. The monoisotopic (exact) mass is 310 g/mol. The molecule has 2 aliphatic heterocycles. The molecule has 0 aliphatic carbocycles. The zero-order valence-electron chi connectivity index (χ0n) is 12.1. The van der Waals surface area contributed by atoms with Crippen molar-refractivity contribution in [2.24, 2.45) is 0 Å². The van der Waals surface area contributed by atoms with Crippen LogP contribution >= 0.6 is 0 Å². The molecular formula is C15H22N2O3S. The summed E-state index contributed by atoms with van der Waals surface area (Å²) in [6.07, 6.45) is 3.37. The van der Waals surface area contributed by atoms with Gasteiger partial charge in [0.1, 0.15) is 0 Å². The van der Waals surface area contributed by atoms with E-state index in [0.29, 0.717) is 19.6 Å². The second-order valence-electron chi connectivity index (χ2n) is 5.80. The number of hydrogen-bond donors (Lipinski definition) is 1. The second kappa shape index (κ2) is 6.04. The Hall–Kier alpha value is -0.950. The molecule has 0 radical (unpaired) electrons. The Morgan fingerprint density at radius 1 is 1.14 bits per heavy atom. The molecule has 5 nitrogen and oxygen atoms in total. The van der Waals surface area contributed by atoms with Crippen LogP contribution in [0.1, 0.15) is 30.4 Å². The van der Waals surface area contributed by atoms with Crippen LogP contribution < -0.4 is 0 Å². The Kier molecular flexibility index (Phi) is 4.31. The largest absolute Gasteiger partial charge is 0.395 e. The zero-order chi connectivity index (χ0) is 14.9. The second-order valence-corrected chi connectivity index (χ2v) is 7.68. The van der Waals surface area contributed by atoms with Crippen molar-refractivity contribution in [2.75, 3.05) is 19.7 Å². The minimum atomic E-state index is -3.48. The van der Waals surface area contributed by atoms with Crippen LogP contribution in [0.4, 0.5) is 0 Å². The lowest BCUT2D eigenvalue weighted by Gasteiger charge is -2.38. The molecule has 0 aromatic heterocycles. The summed E-state index contributed by atoms with van der Waals surface area (Å²) in [5.74, 6) is 0. The molecule has 2 aliphatic rings. The van der Waals surface area contributed by atoms with Gasteiger partial charge in [-0.2, -0.15) is 17.0 Å². The number of fused-ring (bicyclic) bond motifs is 1. The maximum atomic E-state index is 12.9. The number of rotatable bonds is 3. The SMILES string of the molecule is O=S(=O)(N1CCc2ccccc2C1)N1CCCCC1CO. The van der Waals surface area contributed by atoms with Gasteiger partial charge >= 0.3 is 0 Å². The molecule has 1 unspecified atom stereocenters. The van der Waals surface area contributed by atoms with Crippen LogP contribution in [0.25, 0.3) is 0 Å². The van der Waals surface area contributed by atoms with Gasteiger partial charge in [0, 0.05) is 25.7 Å². The lowest BCUT2D eigenvalue weighted by molar-refractivity contribution is 0.146. The molecule has 1 aromatic carbocycles. The van der Waals surface area contributed by atoms with E-state index in [2.05, 4.69) is 6.07 Å². The van der Waals surface area contributed by atoms with Crippen molar-refractivity contribution in [2.45, 2.75) is 38.3 Å². The topological polar surface area (TPSA) is 60.9 Å². The van der Waals surface area contributed by atoms with Gasteiger partial charge in [0.2, 0.25) is 0 Å². The predicted octanol–water partition coefficient (Wildman–Crippen LogP) is 1.14. The van der Waals surface area contributed by atoms with Gasteiger partial charge in [-0.1, -0.05) is 30.7 Å². The van der Waals surface area contributed by atoms with E-state index in [9.17, 15) is 13.5 Å². The molecule has 2 heterocycles. The van der Waals surface area contributed by atoms with Gasteiger partial charge < -0.3 is 5.11 Å². The number of piperidine rings is 1. The van der Waals surface area contributed by atoms with E-state index in [0.717, 1.165) is 31.2 Å². The maximum Gasteiger partial charge on any atom is 0.282 e. The van der Waals surface area contributed by atoms with Crippen molar-refractivity contribution in [1.29, 1.82) is 0 Å². The summed E-state index contributed by atoms with van der Waals surface area (Å²) in [4.78, 5) is 0. The summed E-state index contributed by atoms with van der Waals surface area (Å²) in [6.45, 7) is 1.39. The molecule has 0 saturated carbocycles. The average molecular weight is 310 g/mol. The first-order valence-electron chi connectivity index (χ1n) is 7.57. The van der Waals surface area contributed by atoms with E-state index < -0.39 is 10.2 Å². The predicted molar refractivity (Wildman–Crippen MR) is 80.9 cm³/mol. The van der Waals surface area contributed by atoms with Crippen LogP contribution in [-0.2, 0) is 23.2 Å². The fourth-order valence-corrected chi connectivity index (χ4v) is 5.10. The Balaban J connectivity index is 1.82.